The van der Waals surface area contributed by atoms with Gasteiger partial charge in [-0.15, -0.1) is 0 Å². The quantitative estimate of drug-likeness (QED) is 0.492. The maximum absolute atomic E-state index is 13.0. The number of carbonyl (C=O) groups excluding carboxylic acids is 2. The number of aromatic nitrogens is 2. The molecule has 1 saturated heterocycles. The highest BCUT2D eigenvalue weighted by Gasteiger charge is 2.23. The van der Waals surface area contributed by atoms with Gasteiger partial charge in [0.05, 0.1) is 5.92 Å². The van der Waals surface area contributed by atoms with E-state index in [2.05, 4.69) is 10.1 Å². The van der Waals surface area contributed by atoms with Crippen molar-refractivity contribution in [2.45, 2.75) is 44.9 Å². The van der Waals surface area contributed by atoms with Gasteiger partial charge < -0.3 is 14.3 Å². The first-order valence-corrected chi connectivity index (χ1v) is 12.1. The molecule has 1 aromatic heterocycles. The SMILES string of the molecule is CC[C@H](C(=O)N(C)CCc1noc(-c2ccc(C(=O)N3CCCCC3)cc2)n1)c1ccccc1. The normalized spacial score (nSPS) is 14.6. The Morgan fingerprint density at radius 1 is 1.03 bits per heavy atom. The third-order valence-electron chi connectivity index (χ3n) is 6.45. The zero-order chi connectivity index (χ0) is 23.9. The molecule has 34 heavy (non-hydrogen) atoms. The van der Waals surface area contributed by atoms with Gasteiger partial charge in [-0.1, -0.05) is 42.4 Å². The smallest absolute Gasteiger partial charge is 0.257 e. The fourth-order valence-corrected chi connectivity index (χ4v) is 4.39. The number of likely N-dealkylation sites (tertiary alicyclic amines) is 1. The van der Waals surface area contributed by atoms with E-state index in [4.69, 9.17) is 4.52 Å². The van der Waals surface area contributed by atoms with Crippen LogP contribution in [0.4, 0.5) is 0 Å². The number of likely N-dealkylation sites (N-methyl/N-ethyl adjacent to an activating group) is 1. The van der Waals surface area contributed by atoms with Crippen LogP contribution in [0.3, 0.4) is 0 Å². The predicted octanol–water partition coefficient (Wildman–Crippen LogP) is 4.56. The first kappa shape index (κ1) is 23.7. The molecule has 178 valence electrons. The lowest BCUT2D eigenvalue weighted by Gasteiger charge is -2.26. The predicted molar refractivity (Wildman–Crippen MR) is 130 cm³/mol. The summed E-state index contributed by atoms with van der Waals surface area (Å²) in [6, 6.07) is 17.2. The zero-order valence-corrected chi connectivity index (χ0v) is 19.9. The summed E-state index contributed by atoms with van der Waals surface area (Å²) in [6.45, 7) is 4.19. The number of carbonyl (C=O) groups is 2. The van der Waals surface area contributed by atoms with Crippen LogP contribution in [-0.2, 0) is 11.2 Å². The van der Waals surface area contributed by atoms with Gasteiger partial charge in [0.25, 0.3) is 11.8 Å². The summed E-state index contributed by atoms with van der Waals surface area (Å²) in [7, 11) is 1.81. The lowest BCUT2D eigenvalue weighted by atomic mass is 9.95. The van der Waals surface area contributed by atoms with E-state index < -0.39 is 0 Å². The summed E-state index contributed by atoms with van der Waals surface area (Å²) in [5.41, 5.74) is 2.48. The average molecular weight is 461 g/mol. The Morgan fingerprint density at radius 3 is 2.41 bits per heavy atom. The Balaban J connectivity index is 1.34. The molecule has 0 radical (unpaired) electrons. The van der Waals surface area contributed by atoms with Gasteiger partial charge in [-0.3, -0.25) is 9.59 Å². The van der Waals surface area contributed by atoms with Crippen molar-refractivity contribution in [2.75, 3.05) is 26.7 Å². The standard InChI is InChI=1S/C27H32N4O3/c1-3-23(20-10-6-4-7-11-20)27(33)30(2)19-16-24-28-25(34-29-24)21-12-14-22(15-13-21)26(32)31-17-8-5-9-18-31/h4,6-7,10-15,23H,3,5,8-9,16-19H2,1-2H3/t23-/m0/s1. The lowest BCUT2D eigenvalue weighted by molar-refractivity contribution is -0.131. The first-order chi connectivity index (χ1) is 16.6. The Kier molecular flexibility index (Phi) is 7.72. The molecule has 4 rings (SSSR count). The highest BCUT2D eigenvalue weighted by molar-refractivity contribution is 5.94. The molecular weight excluding hydrogens is 428 g/mol. The molecule has 1 aliphatic heterocycles. The molecule has 1 atom stereocenters. The van der Waals surface area contributed by atoms with E-state index in [-0.39, 0.29) is 17.7 Å². The lowest BCUT2D eigenvalue weighted by Crippen LogP contribution is -2.35. The molecule has 0 unspecified atom stereocenters. The monoisotopic (exact) mass is 460 g/mol. The molecule has 0 saturated carbocycles. The molecule has 7 heteroatoms. The topological polar surface area (TPSA) is 79.5 Å². The Bertz CT molecular complexity index is 1090. The highest BCUT2D eigenvalue weighted by Crippen LogP contribution is 2.22. The molecular formula is C27H32N4O3. The number of rotatable bonds is 8. The van der Waals surface area contributed by atoms with Crippen molar-refractivity contribution in [1.29, 1.82) is 0 Å². The van der Waals surface area contributed by atoms with Crippen LogP contribution in [0, 0.1) is 0 Å². The average Bonchev–Trinajstić information content (AvgIpc) is 3.37. The molecule has 2 heterocycles. The summed E-state index contributed by atoms with van der Waals surface area (Å²) in [5, 5.41) is 4.08. The minimum Gasteiger partial charge on any atom is -0.345 e. The van der Waals surface area contributed by atoms with Gasteiger partial charge in [0, 0.05) is 44.2 Å². The van der Waals surface area contributed by atoms with E-state index in [1.807, 2.05) is 73.5 Å². The van der Waals surface area contributed by atoms with Gasteiger partial charge in [0.2, 0.25) is 5.91 Å². The molecule has 3 aromatic rings. The number of nitrogens with zero attached hydrogens (tertiary/aromatic N) is 4. The van der Waals surface area contributed by atoms with Gasteiger partial charge in [-0.05, 0) is 55.5 Å². The molecule has 0 spiro atoms. The maximum atomic E-state index is 13.0. The molecule has 0 aliphatic carbocycles. The van der Waals surface area contributed by atoms with Gasteiger partial charge in [0.15, 0.2) is 5.82 Å². The van der Waals surface area contributed by atoms with E-state index in [0.717, 1.165) is 43.5 Å². The van der Waals surface area contributed by atoms with Crippen LogP contribution in [-0.4, -0.2) is 58.4 Å². The van der Waals surface area contributed by atoms with Crippen molar-refractivity contribution in [1.82, 2.24) is 19.9 Å². The molecule has 2 aromatic carbocycles. The zero-order valence-electron chi connectivity index (χ0n) is 19.9. The Hall–Kier alpha value is -3.48. The molecule has 0 N–H and O–H groups in total. The van der Waals surface area contributed by atoms with Crippen molar-refractivity contribution in [3.63, 3.8) is 0 Å². The second-order valence-electron chi connectivity index (χ2n) is 8.83. The second kappa shape index (κ2) is 11.1. The largest absolute Gasteiger partial charge is 0.345 e. The van der Waals surface area contributed by atoms with Crippen LogP contribution in [0.15, 0.2) is 59.1 Å². The Labute approximate surface area is 200 Å². The summed E-state index contributed by atoms with van der Waals surface area (Å²) >= 11 is 0. The molecule has 1 fully saturated rings. The van der Waals surface area contributed by atoms with E-state index in [1.54, 1.807) is 4.90 Å². The van der Waals surface area contributed by atoms with Crippen LogP contribution in [0.1, 0.15) is 60.3 Å². The second-order valence-corrected chi connectivity index (χ2v) is 8.83. The molecule has 1 aliphatic rings. The third kappa shape index (κ3) is 5.53. The van der Waals surface area contributed by atoms with Crippen molar-refractivity contribution in [3.05, 3.63) is 71.5 Å². The van der Waals surface area contributed by atoms with E-state index in [1.165, 1.54) is 6.42 Å². The third-order valence-corrected chi connectivity index (χ3v) is 6.45. The first-order valence-electron chi connectivity index (χ1n) is 12.1. The number of hydrogen-bond donors (Lipinski definition) is 0. The molecule has 0 bridgehead atoms. The van der Waals surface area contributed by atoms with Crippen molar-refractivity contribution in [3.8, 4) is 11.5 Å². The van der Waals surface area contributed by atoms with Gasteiger partial charge in [-0.2, -0.15) is 4.98 Å². The van der Waals surface area contributed by atoms with Crippen LogP contribution in [0.2, 0.25) is 0 Å². The van der Waals surface area contributed by atoms with E-state index in [9.17, 15) is 9.59 Å². The van der Waals surface area contributed by atoms with Crippen molar-refractivity contribution in [2.24, 2.45) is 0 Å². The number of piperidine rings is 1. The van der Waals surface area contributed by atoms with Gasteiger partial charge in [0.1, 0.15) is 0 Å². The van der Waals surface area contributed by atoms with E-state index >= 15 is 0 Å². The molecule has 2 amide bonds. The van der Waals surface area contributed by atoms with Crippen LogP contribution >= 0.6 is 0 Å². The molecule has 7 nitrogen and oxygen atoms in total. The fourth-order valence-electron chi connectivity index (χ4n) is 4.39. The summed E-state index contributed by atoms with van der Waals surface area (Å²) < 4.78 is 5.44. The van der Waals surface area contributed by atoms with Crippen LogP contribution in [0.25, 0.3) is 11.5 Å². The van der Waals surface area contributed by atoms with Gasteiger partial charge >= 0.3 is 0 Å². The minimum atomic E-state index is -0.154. The summed E-state index contributed by atoms with van der Waals surface area (Å²) in [6.07, 6.45) is 4.58. The highest BCUT2D eigenvalue weighted by atomic mass is 16.5. The maximum Gasteiger partial charge on any atom is 0.257 e. The Morgan fingerprint density at radius 2 is 1.74 bits per heavy atom. The number of benzene rings is 2. The van der Waals surface area contributed by atoms with Crippen molar-refractivity contribution < 1.29 is 14.1 Å². The van der Waals surface area contributed by atoms with Crippen LogP contribution in [0.5, 0.6) is 0 Å². The minimum absolute atomic E-state index is 0.0751. The fraction of sp³-hybridized carbons (Fsp3) is 0.407. The van der Waals surface area contributed by atoms with Crippen molar-refractivity contribution >= 4 is 11.8 Å². The number of hydrogen-bond acceptors (Lipinski definition) is 5. The number of amides is 2. The van der Waals surface area contributed by atoms with Gasteiger partial charge in [-0.25, -0.2) is 0 Å². The summed E-state index contributed by atoms with van der Waals surface area (Å²) in [5.74, 6) is 0.975. The van der Waals surface area contributed by atoms with E-state index in [0.29, 0.717) is 30.2 Å². The van der Waals surface area contributed by atoms with Crippen LogP contribution < -0.4 is 0 Å². The summed E-state index contributed by atoms with van der Waals surface area (Å²) in [4.78, 5) is 33.8.